The second kappa shape index (κ2) is 11.3. The number of unbranched alkanes of at least 4 members (excludes halogenated alkanes) is 5. The number of allylic oxidation sites excluding steroid dienone is 1. The van der Waals surface area contributed by atoms with Crippen LogP contribution in [0.25, 0.3) is 0 Å². The van der Waals surface area contributed by atoms with Crippen LogP contribution in [-0.4, -0.2) is 8.32 Å². The highest BCUT2D eigenvalue weighted by molar-refractivity contribution is 6.70. The highest BCUT2D eigenvalue weighted by Crippen LogP contribution is 2.18. The highest BCUT2D eigenvalue weighted by atomic mass is 28.4. The minimum absolute atomic E-state index is 0.957. The van der Waals surface area contributed by atoms with E-state index in [1.54, 1.807) is 0 Å². The summed E-state index contributed by atoms with van der Waals surface area (Å²) in [5.74, 6) is 6.54. The quantitative estimate of drug-likeness (QED) is 0.216. The molecule has 0 aliphatic rings. The molecular weight excluding hydrogens is 248 g/mol. The molecule has 0 saturated carbocycles. The number of rotatable bonds is 10. The first-order chi connectivity index (χ1) is 8.99. The molecule has 0 spiro atoms. The Morgan fingerprint density at radius 2 is 1.89 bits per heavy atom. The molecule has 109 valence electrons. The van der Waals surface area contributed by atoms with Crippen LogP contribution in [0.5, 0.6) is 0 Å². The minimum atomic E-state index is -1.53. The van der Waals surface area contributed by atoms with Crippen molar-refractivity contribution in [2.45, 2.75) is 77.9 Å². The second-order valence-electron chi connectivity index (χ2n) is 5.93. The van der Waals surface area contributed by atoms with E-state index >= 15 is 0 Å². The molecule has 0 fully saturated rings. The van der Waals surface area contributed by atoms with Crippen molar-refractivity contribution in [3.63, 3.8) is 0 Å². The summed E-state index contributed by atoms with van der Waals surface area (Å²) in [6.45, 7) is 12.6. The van der Waals surface area contributed by atoms with Crippen molar-refractivity contribution < 1.29 is 4.43 Å². The van der Waals surface area contributed by atoms with Gasteiger partial charge >= 0.3 is 0 Å². The van der Waals surface area contributed by atoms with Crippen LogP contribution in [0.4, 0.5) is 0 Å². The van der Waals surface area contributed by atoms with Gasteiger partial charge in [-0.2, -0.15) is 0 Å². The zero-order valence-electron chi connectivity index (χ0n) is 13.3. The topological polar surface area (TPSA) is 9.23 Å². The van der Waals surface area contributed by atoms with Crippen molar-refractivity contribution in [1.29, 1.82) is 0 Å². The molecule has 0 aromatic heterocycles. The van der Waals surface area contributed by atoms with Gasteiger partial charge in [-0.05, 0) is 45.3 Å². The lowest BCUT2D eigenvalue weighted by Gasteiger charge is -2.21. The second-order valence-corrected chi connectivity index (χ2v) is 10.4. The van der Waals surface area contributed by atoms with E-state index < -0.39 is 8.32 Å². The third-order valence-electron chi connectivity index (χ3n) is 2.62. The van der Waals surface area contributed by atoms with Gasteiger partial charge in [-0.1, -0.05) is 38.2 Å². The van der Waals surface area contributed by atoms with Gasteiger partial charge in [-0.25, -0.2) is 0 Å². The van der Waals surface area contributed by atoms with Gasteiger partial charge < -0.3 is 4.43 Å². The molecule has 2 heteroatoms. The summed E-state index contributed by atoms with van der Waals surface area (Å²) >= 11 is 0. The smallest absolute Gasteiger partial charge is 0.186 e. The molecule has 0 aliphatic carbocycles. The Kier molecular flexibility index (Phi) is 11.0. The van der Waals surface area contributed by atoms with Gasteiger partial charge in [0.05, 0.1) is 0 Å². The van der Waals surface area contributed by atoms with E-state index in [4.69, 9.17) is 4.43 Å². The van der Waals surface area contributed by atoms with Crippen LogP contribution < -0.4 is 0 Å². The third-order valence-corrected chi connectivity index (χ3v) is 3.48. The molecule has 0 saturated heterocycles. The normalized spacial score (nSPS) is 11.2. The maximum absolute atomic E-state index is 6.06. The third kappa shape index (κ3) is 13.7. The summed E-state index contributed by atoms with van der Waals surface area (Å²) in [7, 11) is -1.53. The first-order valence-corrected chi connectivity index (χ1v) is 11.0. The zero-order valence-corrected chi connectivity index (χ0v) is 14.3. The molecule has 1 radical (unpaired) electrons. The molecule has 0 aromatic rings. The van der Waals surface area contributed by atoms with E-state index in [9.17, 15) is 0 Å². The predicted octanol–water partition coefficient (Wildman–Crippen LogP) is 5.70. The molecule has 19 heavy (non-hydrogen) atoms. The molecule has 0 N–H and O–H groups in total. The van der Waals surface area contributed by atoms with Crippen molar-refractivity contribution in [3.8, 4) is 11.8 Å². The number of hydrogen-bond acceptors (Lipinski definition) is 1. The summed E-state index contributed by atoms with van der Waals surface area (Å²) in [5.41, 5.74) is 0. The summed E-state index contributed by atoms with van der Waals surface area (Å²) < 4.78 is 6.06. The van der Waals surface area contributed by atoms with Crippen LogP contribution in [-0.2, 0) is 4.43 Å². The van der Waals surface area contributed by atoms with Gasteiger partial charge in [-0.15, -0.1) is 12.5 Å². The molecule has 1 nitrogen and oxygen atoms in total. The van der Waals surface area contributed by atoms with Gasteiger partial charge in [0.1, 0.15) is 0 Å². The monoisotopic (exact) mass is 279 g/mol. The predicted molar refractivity (Wildman–Crippen MR) is 88.3 cm³/mol. The Balaban J connectivity index is 4.09. The first kappa shape index (κ1) is 18.5. The molecule has 0 rings (SSSR count). The van der Waals surface area contributed by atoms with E-state index in [1.807, 2.05) is 6.08 Å². The van der Waals surface area contributed by atoms with Crippen molar-refractivity contribution in [1.82, 2.24) is 0 Å². The lowest BCUT2D eigenvalue weighted by atomic mass is 10.1. The maximum Gasteiger partial charge on any atom is 0.186 e. The van der Waals surface area contributed by atoms with Crippen LogP contribution in [0.1, 0.15) is 58.3 Å². The molecule has 0 heterocycles. The van der Waals surface area contributed by atoms with Crippen LogP contribution >= 0.6 is 0 Å². The summed E-state index contributed by atoms with van der Waals surface area (Å²) in [6, 6.07) is 0. The summed E-state index contributed by atoms with van der Waals surface area (Å²) in [5, 5.41) is 0. The van der Waals surface area contributed by atoms with Crippen molar-refractivity contribution in [2.24, 2.45) is 0 Å². The minimum Gasteiger partial charge on any atom is -0.399 e. The van der Waals surface area contributed by atoms with Crippen molar-refractivity contribution in [2.75, 3.05) is 0 Å². The largest absolute Gasteiger partial charge is 0.399 e. The van der Waals surface area contributed by atoms with Gasteiger partial charge in [-0.3, -0.25) is 0 Å². The van der Waals surface area contributed by atoms with Crippen LogP contribution in [0.3, 0.4) is 0 Å². The van der Waals surface area contributed by atoms with Crippen molar-refractivity contribution in [3.05, 3.63) is 18.8 Å². The Morgan fingerprint density at radius 3 is 2.47 bits per heavy atom. The fourth-order valence-corrected chi connectivity index (χ4v) is 2.61. The lowest BCUT2D eigenvalue weighted by Crippen LogP contribution is -2.27. The van der Waals surface area contributed by atoms with E-state index in [0.717, 1.165) is 31.8 Å². The molecule has 0 atom stereocenters. The van der Waals surface area contributed by atoms with E-state index in [0.29, 0.717) is 0 Å². The fraction of sp³-hybridized carbons (Fsp3) is 0.706. The van der Waals surface area contributed by atoms with Gasteiger partial charge in [0.2, 0.25) is 0 Å². The highest BCUT2D eigenvalue weighted by Gasteiger charge is 2.20. The maximum atomic E-state index is 6.06. The summed E-state index contributed by atoms with van der Waals surface area (Å²) in [6.07, 6.45) is 12.2. The van der Waals surface area contributed by atoms with Crippen LogP contribution in [0.2, 0.25) is 19.6 Å². The Bertz CT molecular complexity index is 280. The molecule has 0 bridgehead atoms. The summed E-state index contributed by atoms with van der Waals surface area (Å²) in [4.78, 5) is 0. The standard InChI is InChI=1S/C17H31OSi/c1-6-8-10-11-12-14-16-17(15-13-9-7-2)18-19(3,4)5/h7H,2,6,8-13,15H2,1,3-5H3. The first-order valence-electron chi connectivity index (χ1n) is 7.64. The van der Waals surface area contributed by atoms with Gasteiger partial charge in [0.15, 0.2) is 14.4 Å². The average molecular weight is 280 g/mol. The molecule has 0 aromatic carbocycles. The molecule has 0 unspecified atom stereocenters. The average Bonchev–Trinajstić information content (AvgIpc) is 2.31. The van der Waals surface area contributed by atoms with Gasteiger partial charge in [0, 0.05) is 6.42 Å². The lowest BCUT2D eigenvalue weighted by molar-refractivity contribution is 0.337. The van der Waals surface area contributed by atoms with E-state index in [2.05, 4.69) is 45.0 Å². The Hall–Kier alpha value is -0.523. The van der Waals surface area contributed by atoms with Gasteiger partial charge in [0.25, 0.3) is 0 Å². The van der Waals surface area contributed by atoms with Crippen LogP contribution in [0, 0.1) is 17.9 Å². The zero-order chi connectivity index (χ0) is 14.6. The van der Waals surface area contributed by atoms with Crippen LogP contribution in [0.15, 0.2) is 12.7 Å². The fourth-order valence-electron chi connectivity index (χ4n) is 1.72. The SMILES string of the molecule is C=CCCC[C](C#CCCCCCC)O[Si](C)(C)C. The Labute approximate surface area is 122 Å². The molecular formula is C17H31OSi. The molecule has 0 amide bonds. The Morgan fingerprint density at radius 1 is 1.16 bits per heavy atom. The number of hydrogen-bond donors (Lipinski definition) is 0. The van der Waals surface area contributed by atoms with E-state index in [1.165, 1.54) is 25.7 Å². The van der Waals surface area contributed by atoms with Crippen molar-refractivity contribution >= 4 is 8.32 Å². The van der Waals surface area contributed by atoms with E-state index in [-0.39, 0.29) is 0 Å². The molecule has 0 aliphatic heterocycles.